The summed E-state index contributed by atoms with van der Waals surface area (Å²) in [6.07, 6.45) is 0. The summed E-state index contributed by atoms with van der Waals surface area (Å²) < 4.78 is 29.6. The largest absolute Gasteiger partial charge is 0.350 e. The summed E-state index contributed by atoms with van der Waals surface area (Å²) in [5, 5.41) is 11.4. The van der Waals surface area contributed by atoms with Crippen molar-refractivity contribution in [2.24, 2.45) is 10.6 Å². The Morgan fingerprint density at radius 2 is 1.93 bits per heavy atom. The normalized spacial score (nSPS) is 21.2. The van der Waals surface area contributed by atoms with Gasteiger partial charge in [0, 0.05) is 11.8 Å². The summed E-state index contributed by atoms with van der Waals surface area (Å²) in [5.41, 5.74) is 2.85. The molecule has 3 heterocycles. The molecule has 0 amide bonds. The molecule has 1 saturated carbocycles. The van der Waals surface area contributed by atoms with Gasteiger partial charge < -0.3 is 9.51 Å². The van der Waals surface area contributed by atoms with Crippen LogP contribution in [0.4, 0.5) is 0 Å². The van der Waals surface area contributed by atoms with Crippen LogP contribution >= 0.6 is 11.3 Å². The molecule has 7 nitrogen and oxygen atoms in total. The van der Waals surface area contributed by atoms with Gasteiger partial charge in [-0.3, -0.25) is 0 Å². The molecule has 0 saturated heterocycles. The molecule has 3 N–H and O–H groups in total. The number of thiophene rings is 1. The van der Waals surface area contributed by atoms with Gasteiger partial charge in [-0.1, -0.05) is 31.1 Å². The second kappa shape index (κ2) is 5.76. The lowest BCUT2D eigenvalue weighted by molar-refractivity contribution is 0.418. The van der Waals surface area contributed by atoms with Crippen molar-refractivity contribution in [3.63, 3.8) is 0 Å². The quantitative estimate of drug-likeness (QED) is 0.526. The van der Waals surface area contributed by atoms with E-state index in [4.69, 9.17) is 9.66 Å². The second-order valence-electron chi connectivity index (χ2n) is 7.73. The Morgan fingerprint density at radius 3 is 2.61 bits per heavy atom. The predicted octanol–water partition coefficient (Wildman–Crippen LogP) is 3.83. The zero-order valence-corrected chi connectivity index (χ0v) is 16.8. The highest BCUT2D eigenvalue weighted by Crippen LogP contribution is 2.69. The molecule has 1 fully saturated rings. The maximum absolute atomic E-state index is 11.5. The van der Waals surface area contributed by atoms with E-state index in [1.807, 2.05) is 29.6 Å². The highest BCUT2D eigenvalue weighted by molar-refractivity contribution is 7.89. The second-order valence-corrected chi connectivity index (χ2v) is 10.2. The lowest BCUT2D eigenvalue weighted by Crippen LogP contribution is -2.11. The van der Waals surface area contributed by atoms with Crippen LogP contribution in [0.15, 0.2) is 51.2 Å². The number of nitrogens with one attached hydrogen (secondary N) is 1. The fraction of sp³-hybridized carbons (Fsp3) is 0.263. The van der Waals surface area contributed by atoms with Gasteiger partial charge in [0.1, 0.15) is 5.69 Å². The lowest BCUT2D eigenvalue weighted by atomic mass is 10.0. The molecule has 1 aliphatic rings. The van der Waals surface area contributed by atoms with Crippen LogP contribution in [0.1, 0.15) is 37.1 Å². The molecule has 0 spiro atoms. The van der Waals surface area contributed by atoms with E-state index in [-0.39, 0.29) is 22.1 Å². The van der Waals surface area contributed by atoms with E-state index in [0.29, 0.717) is 11.7 Å². The number of nitrogens with zero attached hydrogens (tertiary/aromatic N) is 2. The smallest absolute Gasteiger partial charge is 0.274 e. The third-order valence-electron chi connectivity index (χ3n) is 5.59. The van der Waals surface area contributed by atoms with Crippen LogP contribution in [0, 0.1) is 5.41 Å². The van der Waals surface area contributed by atoms with E-state index in [9.17, 15) is 8.42 Å². The third-order valence-corrected chi connectivity index (χ3v) is 7.38. The number of H-pyrrole nitrogens is 1. The summed E-state index contributed by atoms with van der Waals surface area (Å²) in [6.45, 7) is 4.30. The molecule has 9 heteroatoms. The number of fused-ring (bicyclic) bond motifs is 1. The third kappa shape index (κ3) is 2.69. The standard InChI is InChI=1S/C19H18N4O3S2/c1-19(2)15(10-3-5-11(6-4-10)28(20,24)25)16(19)17-22-18(26-23-17)13-9-14-12(21-13)7-8-27-14/h3-9,15-16,21H,1-2H3,(H2,20,24,25)/t15-,16+/m0/s1. The Balaban J connectivity index is 1.44. The highest BCUT2D eigenvalue weighted by Gasteiger charge is 2.61. The molecular formula is C19H18N4O3S2. The van der Waals surface area contributed by atoms with Gasteiger partial charge in [-0.05, 0) is 40.6 Å². The number of hydrogen-bond donors (Lipinski definition) is 2. The highest BCUT2D eigenvalue weighted by atomic mass is 32.2. The molecule has 0 bridgehead atoms. The molecule has 0 radical (unpaired) electrons. The Bertz CT molecular complexity index is 1250. The molecule has 5 rings (SSSR count). The Hall–Kier alpha value is -2.49. The Morgan fingerprint density at radius 1 is 1.18 bits per heavy atom. The Kier molecular flexibility index (Phi) is 3.62. The van der Waals surface area contributed by atoms with Crippen LogP contribution in [0.5, 0.6) is 0 Å². The van der Waals surface area contributed by atoms with E-state index in [0.717, 1.165) is 21.5 Å². The number of benzene rings is 1. The zero-order valence-electron chi connectivity index (χ0n) is 15.2. The first-order valence-corrected chi connectivity index (χ1v) is 11.2. The molecule has 3 aromatic heterocycles. The van der Waals surface area contributed by atoms with Crippen LogP contribution in [0.25, 0.3) is 21.8 Å². The SMILES string of the molecule is CC1(C)[C@@H](c2ccc(S(N)(=O)=O)cc2)[C@@H]1c1noc(-c2cc3sccc3[nH]2)n1. The van der Waals surface area contributed by atoms with Gasteiger partial charge in [0.15, 0.2) is 5.82 Å². The molecule has 0 aliphatic heterocycles. The maximum Gasteiger partial charge on any atom is 0.274 e. The molecule has 0 unspecified atom stereocenters. The van der Waals surface area contributed by atoms with Crippen molar-refractivity contribution in [3.05, 3.63) is 53.2 Å². The number of aromatic amines is 1. The summed E-state index contributed by atoms with van der Waals surface area (Å²) >= 11 is 1.66. The number of rotatable bonds is 4. The first-order chi connectivity index (χ1) is 13.2. The lowest BCUT2D eigenvalue weighted by Gasteiger charge is -2.04. The number of aromatic nitrogens is 3. The van der Waals surface area contributed by atoms with E-state index in [2.05, 4.69) is 29.0 Å². The van der Waals surface area contributed by atoms with Gasteiger partial charge in [0.25, 0.3) is 5.89 Å². The van der Waals surface area contributed by atoms with Crippen LogP contribution < -0.4 is 5.14 Å². The first kappa shape index (κ1) is 17.6. The van der Waals surface area contributed by atoms with E-state index in [1.165, 1.54) is 0 Å². The minimum atomic E-state index is -3.70. The van der Waals surface area contributed by atoms with E-state index >= 15 is 0 Å². The topological polar surface area (TPSA) is 115 Å². The minimum Gasteiger partial charge on any atom is -0.350 e. The number of sulfonamides is 1. The van der Waals surface area contributed by atoms with Gasteiger partial charge in [0.2, 0.25) is 10.0 Å². The minimum absolute atomic E-state index is 0.0552. The summed E-state index contributed by atoms with van der Waals surface area (Å²) in [7, 11) is -3.70. The first-order valence-electron chi connectivity index (χ1n) is 8.78. The molecule has 1 aliphatic carbocycles. The molecule has 144 valence electrons. The van der Waals surface area contributed by atoms with Crippen molar-refractivity contribution in [1.29, 1.82) is 0 Å². The van der Waals surface area contributed by atoms with Crippen molar-refractivity contribution < 1.29 is 12.9 Å². The average Bonchev–Trinajstić information content (AvgIpc) is 3.13. The Labute approximate surface area is 165 Å². The van der Waals surface area contributed by atoms with Gasteiger partial charge in [0.05, 0.1) is 15.1 Å². The molecular weight excluding hydrogens is 396 g/mol. The maximum atomic E-state index is 11.5. The molecule has 1 aromatic carbocycles. The summed E-state index contributed by atoms with van der Waals surface area (Å²) in [6, 6.07) is 10.7. The molecule has 28 heavy (non-hydrogen) atoms. The van der Waals surface area contributed by atoms with Crippen LogP contribution in [0.3, 0.4) is 0 Å². The van der Waals surface area contributed by atoms with E-state index in [1.54, 1.807) is 23.5 Å². The van der Waals surface area contributed by atoms with Crippen molar-refractivity contribution in [3.8, 4) is 11.6 Å². The molecule has 2 atom stereocenters. The predicted molar refractivity (Wildman–Crippen MR) is 107 cm³/mol. The van der Waals surface area contributed by atoms with Crippen molar-refractivity contribution >= 4 is 31.6 Å². The number of hydrogen-bond acceptors (Lipinski definition) is 6. The summed E-state index contributed by atoms with van der Waals surface area (Å²) in [4.78, 5) is 8.03. The van der Waals surface area contributed by atoms with Crippen molar-refractivity contribution in [2.75, 3.05) is 0 Å². The van der Waals surface area contributed by atoms with Crippen LogP contribution in [0.2, 0.25) is 0 Å². The fourth-order valence-electron chi connectivity index (χ4n) is 4.04. The zero-order chi connectivity index (χ0) is 19.7. The average molecular weight is 415 g/mol. The number of primary sulfonamides is 1. The number of nitrogens with two attached hydrogens (primary N) is 1. The van der Waals surface area contributed by atoms with Crippen LogP contribution in [-0.2, 0) is 10.0 Å². The molecule has 4 aromatic rings. The van der Waals surface area contributed by atoms with Crippen molar-refractivity contribution in [1.82, 2.24) is 15.1 Å². The van der Waals surface area contributed by atoms with E-state index < -0.39 is 10.0 Å². The van der Waals surface area contributed by atoms with Gasteiger partial charge in [-0.15, -0.1) is 11.3 Å². The van der Waals surface area contributed by atoms with Gasteiger partial charge in [-0.2, -0.15) is 4.98 Å². The van der Waals surface area contributed by atoms with Gasteiger partial charge >= 0.3 is 0 Å². The summed E-state index contributed by atoms with van der Waals surface area (Å²) in [5.74, 6) is 1.42. The fourth-order valence-corrected chi connectivity index (χ4v) is 5.34. The monoisotopic (exact) mass is 414 g/mol. The van der Waals surface area contributed by atoms with Crippen molar-refractivity contribution in [2.45, 2.75) is 30.6 Å². The van der Waals surface area contributed by atoms with Gasteiger partial charge in [-0.25, -0.2) is 13.6 Å². The van der Waals surface area contributed by atoms with Crippen LogP contribution in [-0.4, -0.2) is 23.5 Å².